The van der Waals surface area contributed by atoms with Crippen LogP contribution >= 0.6 is 0 Å². The van der Waals surface area contributed by atoms with Crippen molar-refractivity contribution in [3.8, 4) is 0 Å². The molecule has 3 aromatic rings. The number of rotatable bonds is 5. The molecule has 2 aromatic carbocycles. The fourth-order valence-electron chi connectivity index (χ4n) is 3.47. The summed E-state index contributed by atoms with van der Waals surface area (Å²) in [5.74, 6) is 1.13. The summed E-state index contributed by atoms with van der Waals surface area (Å²) in [7, 11) is 0. The Kier molecular flexibility index (Phi) is 4.87. The molecule has 1 saturated heterocycles. The van der Waals surface area contributed by atoms with Crippen LogP contribution in [0.15, 0.2) is 48.7 Å². The zero-order valence-electron chi connectivity index (χ0n) is 15.7. The van der Waals surface area contributed by atoms with E-state index in [2.05, 4.69) is 87.0 Å². The molecule has 2 heterocycles. The van der Waals surface area contributed by atoms with E-state index in [1.54, 1.807) is 6.20 Å². The van der Waals surface area contributed by atoms with Gasteiger partial charge in [0, 0.05) is 30.2 Å². The lowest BCUT2D eigenvalue weighted by Gasteiger charge is -2.17. The van der Waals surface area contributed by atoms with E-state index in [0.717, 1.165) is 24.5 Å². The highest BCUT2D eigenvalue weighted by Crippen LogP contribution is 2.23. The van der Waals surface area contributed by atoms with Gasteiger partial charge in [0.15, 0.2) is 5.82 Å². The lowest BCUT2D eigenvalue weighted by Crippen LogP contribution is -2.17. The van der Waals surface area contributed by atoms with Gasteiger partial charge in [0.05, 0.1) is 6.20 Å². The average molecular weight is 360 g/mol. The molecule has 4 rings (SSSR count). The third-order valence-electron chi connectivity index (χ3n) is 4.65. The van der Waals surface area contributed by atoms with Crippen LogP contribution in [0.4, 0.5) is 28.8 Å². The largest absolute Gasteiger partial charge is 0.372 e. The smallest absolute Gasteiger partial charge is 0.249 e. The first-order valence-electron chi connectivity index (χ1n) is 9.33. The zero-order chi connectivity index (χ0) is 18.6. The van der Waals surface area contributed by atoms with Crippen LogP contribution in [0.3, 0.4) is 0 Å². The molecule has 1 aromatic heterocycles. The monoisotopic (exact) mass is 360 g/mol. The van der Waals surface area contributed by atoms with Crippen molar-refractivity contribution in [1.29, 1.82) is 0 Å². The molecule has 0 spiro atoms. The molecule has 0 aliphatic carbocycles. The summed E-state index contributed by atoms with van der Waals surface area (Å²) in [6.45, 7) is 6.45. The molecule has 2 N–H and O–H groups in total. The maximum Gasteiger partial charge on any atom is 0.249 e. The first kappa shape index (κ1) is 17.3. The molecule has 1 fully saturated rings. The van der Waals surface area contributed by atoms with Crippen molar-refractivity contribution in [2.24, 2.45) is 0 Å². The van der Waals surface area contributed by atoms with Gasteiger partial charge in [-0.05, 0) is 74.2 Å². The molecule has 1 aliphatic rings. The first-order valence-corrected chi connectivity index (χ1v) is 9.33. The Labute approximate surface area is 159 Å². The van der Waals surface area contributed by atoms with Crippen LogP contribution < -0.4 is 15.5 Å². The van der Waals surface area contributed by atoms with E-state index in [0.29, 0.717) is 11.8 Å². The molecule has 0 atom stereocenters. The van der Waals surface area contributed by atoms with E-state index in [-0.39, 0.29) is 0 Å². The minimum absolute atomic E-state index is 0.471. The Morgan fingerprint density at radius 2 is 1.56 bits per heavy atom. The summed E-state index contributed by atoms with van der Waals surface area (Å²) in [5.41, 5.74) is 5.62. The Bertz CT molecular complexity index is 896. The van der Waals surface area contributed by atoms with Crippen molar-refractivity contribution in [1.82, 2.24) is 15.2 Å². The van der Waals surface area contributed by atoms with Crippen molar-refractivity contribution < 1.29 is 0 Å². The lowest BCUT2D eigenvalue weighted by atomic mass is 10.1. The molecular formula is C21H24N6. The molecule has 6 heteroatoms. The normalized spacial score (nSPS) is 13.6. The second-order valence-corrected chi connectivity index (χ2v) is 7.03. The SMILES string of the molecule is Cc1cc(C)cc(Nc2cnnc(Nc3ccc(N4CCCC4)cc3)n2)c1. The molecule has 0 radical (unpaired) electrons. The quantitative estimate of drug-likeness (QED) is 0.694. The van der Waals surface area contributed by atoms with Gasteiger partial charge in [0.2, 0.25) is 5.95 Å². The maximum absolute atomic E-state index is 4.52. The second kappa shape index (κ2) is 7.61. The van der Waals surface area contributed by atoms with E-state index < -0.39 is 0 Å². The second-order valence-electron chi connectivity index (χ2n) is 7.03. The number of anilines is 5. The molecule has 138 valence electrons. The molecule has 0 bridgehead atoms. The number of nitrogens with zero attached hydrogens (tertiary/aromatic N) is 4. The van der Waals surface area contributed by atoms with Crippen LogP contribution in [-0.4, -0.2) is 28.3 Å². The summed E-state index contributed by atoms with van der Waals surface area (Å²) in [5, 5.41) is 14.7. The number of aryl methyl sites for hydroxylation is 2. The fraction of sp³-hybridized carbons (Fsp3) is 0.286. The number of hydrogen-bond donors (Lipinski definition) is 2. The van der Waals surface area contributed by atoms with Gasteiger partial charge in [0.1, 0.15) is 0 Å². The van der Waals surface area contributed by atoms with Gasteiger partial charge in [-0.15, -0.1) is 5.10 Å². The molecule has 0 amide bonds. The third kappa shape index (κ3) is 4.34. The molecule has 27 heavy (non-hydrogen) atoms. The van der Waals surface area contributed by atoms with Crippen LogP contribution in [0.1, 0.15) is 24.0 Å². The van der Waals surface area contributed by atoms with Crippen LogP contribution in [0.5, 0.6) is 0 Å². The summed E-state index contributed by atoms with van der Waals surface area (Å²) in [4.78, 5) is 6.93. The summed E-state index contributed by atoms with van der Waals surface area (Å²) < 4.78 is 0. The topological polar surface area (TPSA) is 66.0 Å². The Morgan fingerprint density at radius 3 is 2.26 bits per heavy atom. The molecule has 0 saturated carbocycles. The van der Waals surface area contributed by atoms with Gasteiger partial charge in [0.25, 0.3) is 0 Å². The van der Waals surface area contributed by atoms with Crippen molar-refractivity contribution in [2.45, 2.75) is 26.7 Å². The number of nitrogens with one attached hydrogen (secondary N) is 2. The van der Waals surface area contributed by atoms with Crippen molar-refractivity contribution in [3.05, 3.63) is 59.8 Å². The van der Waals surface area contributed by atoms with Crippen molar-refractivity contribution in [3.63, 3.8) is 0 Å². The third-order valence-corrected chi connectivity index (χ3v) is 4.65. The minimum atomic E-state index is 0.471. The number of benzene rings is 2. The van der Waals surface area contributed by atoms with E-state index >= 15 is 0 Å². The van der Waals surface area contributed by atoms with E-state index in [4.69, 9.17) is 0 Å². The summed E-state index contributed by atoms with van der Waals surface area (Å²) in [6.07, 6.45) is 4.18. The highest BCUT2D eigenvalue weighted by Gasteiger charge is 2.12. The Morgan fingerprint density at radius 1 is 0.852 bits per heavy atom. The molecular weight excluding hydrogens is 336 g/mol. The lowest BCUT2D eigenvalue weighted by molar-refractivity contribution is 0.949. The van der Waals surface area contributed by atoms with Gasteiger partial charge in [-0.25, -0.2) is 0 Å². The van der Waals surface area contributed by atoms with E-state index in [9.17, 15) is 0 Å². The fourth-order valence-corrected chi connectivity index (χ4v) is 3.47. The summed E-state index contributed by atoms with van der Waals surface area (Å²) in [6, 6.07) is 14.7. The Hall–Kier alpha value is -3.15. The standard InChI is InChI=1S/C21H24N6/c1-15-11-16(2)13-18(12-15)23-20-14-22-26-21(25-20)24-17-5-7-19(8-6-17)27-9-3-4-10-27/h5-8,11-14H,3-4,9-10H2,1-2H3,(H2,23,24,25,26). The van der Waals surface area contributed by atoms with Crippen LogP contribution in [-0.2, 0) is 0 Å². The average Bonchev–Trinajstić information content (AvgIpc) is 3.16. The Balaban J connectivity index is 1.45. The van der Waals surface area contributed by atoms with Crippen molar-refractivity contribution in [2.75, 3.05) is 28.6 Å². The maximum atomic E-state index is 4.52. The first-order chi connectivity index (χ1) is 13.2. The van der Waals surface area contributed by atoms with E-state index in [1.807, 2.05) is 0 Å². The van der Waals surface area contributed by atoms with Gasteiger partial charge < -0.3 is 15.5 Å². The number of aromatic nitrogens is 3. The minimum Gasteiger partial charge on any atom is -0.372 e. The highest BCUT2D eigenvalue weighted by molar-refractivity contribution is 5.62. The zero-order valence-corrected chi connectivity index (χ0v) is 15.7. The van der Waals surface area contributed by atoms with Gasteiger partial charge in [-0.3, -0.25) is 0 Å². The predicted molar refractivity (Wildman–Crippen MR) is 110 cm³/mol. The molecule has 1 aliphatic heterocycles. The van der Waals surface area contributed by atoms with Crippen LogP contribution in [0.2, 0.25) is 0 Å². The van der Waals surface area contributed by atoms with Crippen LogP contribution in [0.25, 0.3) is 0 Å². The number of hydrogen-bond acceptors (Lipinski definition) is 6. The molecule has 6 nitrogen and oxygen atoms in total. The summed E-state index contributed by atoms with van der Waals surface area (Å²) >= 11 is 0. The van der Waals surface area contributed by atoms with Gasteiger partial charge in [-0.2, -0.15) is 10.1 Å². The van der Waals surface area contributed by atoms with Gasteiger partial charge >= 0.3 is 0 Å². The van der Waals surface area contributed by atoms with E-state index in [1.165, 1.54) is 29.7 Å². The van der Waals surface area contributed by atoms with Crippen molar-refractivity contribution >= 4 is 28.8 Å². The van der Waals surface area contributed by atoms with Gasteiger partial charge in [-0.1, -0.05) is 6.07 Å². The highest BCUT2D eigenvalue weighted by atomic mass is 15.3. The van der Waals surface area contributed by atoms with Crippen LogP contribution in [0, 0.1) is 13.8 Å². The molecule has 0 unspecified atom stereocenters. The predicted octanol–water partition coefficient (Wildman–Crippen LogP) is 4.58.